The van der Waals surface area contributed by atoms with Gasteiger partial charge in [-0.25, -0.2) is 0 Å². The monoisotopic (exact) mass is 388 g/mol. The zero-order valence-electron chi connectivity index (χ0n) is 16.7. The third-order valence-corrected chi connectivity index (χ3v) is 5.30. The van der Waals surface area contributed by atoms with Crippen LogP contribution in [0.2, 0.25) is 0 Å². The summed E-state index contributed by atoms with van der Waals surface area (Å²) < 4.78 is 1.16. The standard InChI is InChI=1S/C24H24N2O3/c1-3-4-7-13-26-23(28)20(15-25)16(2)22(24(26)29)21(27)14-18-11-8-10-17-9-5-6-12-19(17)18/h5-6,8-12,29H,3-4,7,13-14H2,1-2H3. The van der Waals surface area contributed by atoms with Gasteiger partial charge in [-0.2, -0.15) is 5.26 Å². The number of carbonyl (C=O) groups is 1. The fourth-order valence-corrected chi connectivity index (χ4v) is 3.72. The van der Waals surface area contributed by atoms with Crippen LogP contribution in [0.15, 0.2) is 47.3 Å². The van der Waals surface area contributed by atoms with Crippen molar-refractivity contribution in [3.63, 3.8) is 0 Å². The molecule has 0 atom stereocenters. The Morgan fingerprint density at radius 3 is 2.59 bits per heavy atom. The maximum atomic E-state index is 13.2. The fraction of sp³-hybridized carbons (Fsp3) is 0.292. The first-order valence-corrected chi connectivity index (χ1v) is 9.85. The molecule has 0 aliphatic heterocycles. The van der Waals surface area contributed by atoms with Crippen molar-refractivity contribution in [3.05, 3.63) is 75.1 Å². The number of pyridine rings is 1. The highest BCUT2D eigenvalue weighted by Crippen LogP contribution is 2.26. The molecule has 1 aromatic heterocycles. The van der Waals surface area contributed by atoms with E-state index in [4.69, 9.17) is 0 Å². The number of ketones is 1. The predicted octanol–water partition coefficient (Wildman–Crippen LogP) is 4.50. The molecule has 0 saturated carbocycles. The molecule has 0 aliphatic rings. The quantitative estimate of drug-likeness (QED) is 0.477. The van der Waals surface area contributed by atoms with Crippen molar-refractivity contribution in [3.8, 4) is 11.9 Å². The fourth-order valence-electron chi connectivity index (χ4n) is 3.72. The minimum absolute atomic E-state index is 0.0607. The molecule has 148 valence electrons. The molecule has 5 nitrogen and oxygen atoms in total. The first-order valence-electron chi connectivity index (χ1n) is 9.85. The van der Waals surface area contributed by atoms with Gasteiger partial charge < -0.3 is 5.11 Å². The second-order valence-corrected chi connectivity index (χ2v) is 7.21. The number of aromatic nitrogens is 1. The van der Waals surface area contributed by atoms with Gasteiger partial charge in [0.05, 0.1) is 5.56 Å². The molecule has 5 heteroatoms. The van der Waals surface area contributed by atoms with Crippen LogP contribution in [-0.4, -0.2) is 15.5 Å². The van der Waals surface area contributed by atoms with Gasteiger partial charge in [0.2, 0.25) is 5.88 Å². The molecule has 0 bridgehead atoms. The summed E-state index contributed by atoms with van der Waals surface area (Å²) in [4.78, 5) is 25.8. The maximum absolute atomic E-state index is 13.2. The lowest BCUT2D eigenvalue weighted by molar-refractivity contribution is 0.0988. The van der Waals surface area contributed by atoms with E-state index in [1.807, 2.05) is 55.5 Å². The van der Waals surface area contributed by atoms with Crippen molar-refractivity contribution in [2.45, 2.75) is 46.1 Å². The molecule has 0 unspecified atom stereocenters. The molecular formula is C24H24N2O3. The average molecular weight is 388 g/mol. The lowest BCUT2D eigenvalue weighted by Crippen LogP contribution is -2.27. The summed E-state index contributed by atoms with van der Waals surface area (Å²) in [6.45, 7) is 3.87. The van der Waals surface area contributed by atoms with Crippen LogP contribution in [0.1, 0.15) is 53.2 Å². The average Bonchev–Trinajstić information content (AvgIpc) is 2.71. The summed E-state index contributed by atoms with van der Waals surface area (Å²) in [6, 6.07) is 15.5. The molecule has 1 N–H and O–H groups in total. The van der Waals surface area contributed by atoms with Gasteiger partial charge in [0.15, 0.2) is 5.78 Å². The number of hydrogen-bond acceptors (Lipinski definition) is 4. The Bertz CT molecular complexity index is 1160. The molecule has 0 fully saturated rings. The second-order valence-electron chi connectivity index (χ2n) is 7.21. The molecule has 29 heavy (non-hydrogen) atoms. The number of unbranched alkanes of at least 4 members (excludes halogenated alkanes) is 2. The van der Waals surface area contributed by atoms with Gasteiger partial charge in [0.25, 0.3) is 5.56 Å². The third kappa shape index (κ3) is 3.93. The highest BCUT2D eigenvalue weighted by atomic mass is 16.3. The molecule has 3 aromatic rings. The van der Waals surface area contributed by atoms with E-state index in [9.17, 15) is 20.0 Å². The Balaban J connectivity index is 2.07. The molecule has 1 heterocycles. The van der Waals surface area contributed by atoms with Crippen molar-refractivity contribution < 1.29 is 9.90 Å². The van der Waals surface area contributed by atoms with E-state index in [2.05, 4.69) is 0 Å². The van der Waals surface area contributed by atoms with Crippen LogP contribution < -0.4 is 5.56 Å². The molecule has 3 rings (SSSR count). The van der Waals surface area contributed by atoms with Crippen LogP contribution >= 0.6 is 0 Å². The summed E-state index contributed by atoms with van der Waals surface area (Å²) in [5.74, 6) is -0.648. The Kier molecular flexibility index (Phi) is 6.13. The Morgan fingerprint density at radius 2 is 1.86 bits per heavy atom. The molecule has 0 aliphatic carbocycles. The Morgan fingerprint density at radius 1 is 1.14 bits per heavy atom. The van der Waals surface area contributed by atoms with Crippen LogP contribution in [0.4, 0.5) is 0 Å². The van der Waals surface area contributed by atoms with Crippen LogP contribution in [-0.2, 0) is 13.0 Å². The minimum Gasteiger partial charge on any atom is -0.494 e. The van der Waals surface area contributed by atoms with Crippen LogP contribution in [0.5, 0.6) is 5.88 Å². The lowest BCUT2D eigenvalue weighted by Gasteiger charge is -2.16. The number of rotatable bonds is 7. The van der Waals surface area contributed by atoms with Gasteiger partial charge in [-0.15, -0.1) is 0 Å². The first kappa shape index (κ1) is 20.3. The number of nitrogens with zero attached hydrogens (tertiary/aromatic N) is 2. The van der Waals surface area contributed by atoms with E-state index in [1.165, 1.54) is 0 Å². The van der Waals surface area contributed by atoms with E-state index in [-0.39, 0.29) is 41.3 Å². The van der Waals surface area contributed by atoms with Gasteiger partial charge in [-0.3, -0.25) is 14.2 Å². The van der Waals surface area contributed by atoms with E-state index in [0.717, 1.165) is 33.7 Å². The molecule has 0 saturated heterocycles. The lowest BCUT2D eigenvalue weighted by atomic mass is 9.94. The number of nitriles is 1. The van der Waals surface area contributed by atoms with Crippen molar-refractivity contribution in [1.82, 2.24) is 4.57 Å². The number of hydrogen-bond donors (Lipinski definition) is 1. The zero-order chi connectivity index (χ0) is 21.0. The minimum atomic E-state index is -0.541. The normalized spacial score (nSPS) is 10.8. The zero-order valence-corrected chi connectivity index (χ0v) is 16.7. The smallest absolute Gasteiger partial charge is 0.271 e. The highest BCUT2D eigenvalue weighted by molar-refractivity contribution is 6.03. The third-order valence-electron chi connectivity index (χ3n) is 5.30. The molecule has 2 aromatic carbocycles. The van der Waals surface area contributed by atoms with E-state index < -0.39 is 5.56 Å². The second kappa shape index (κ2) is 8.74. The van der Waals surface area contributed by atoms with Gasteiger partial charge in [0, 0.05) is 13.0 Å². The van der Waals surface area contributed by atoms with Gasteiger partial charge in [-0.1, -0.05) is 62.2 Å². The largest absolute Gasteiger partial charge is 0.494 e. The van der Waals surface area contributed by atoms with Crippen LogP contribution in [0, 0.1) is 18.3 Å². The van der Waals surface area contributed by atoms with Gasteiger partial charge in [0.1, 0.15) is 11.6 Å². The maximum Gasteiger partial charge on any atom is 0.271 e. The Hall–Kier alpha value is -3.39. The van der Waals surface area contributed by atoms with Crippen LogP contribution in [0.3, 0.4) is 0 Å². The van der Waals surface area contributed by atoms with Gasteiger partial charge >= 0.3 is 0 Å². The van der Waals surface area contributed by atoms with Crippen molar-refractivity contribution in [2.24, 2.45) is 0 Å². The number of aromatic hydroxyl groups is 1. The Labute approximate surface area is 169 Å². The van der Waals surface area contributed by atoms with E-state index >= 15 is 0 Å². The summed E-state index contributed by atoms with van der Waals surface area (Å²) in [7, 11) is 0. The first-order chi connectivity index (χ1) is 14.0. The van der Waals surface area contributed by atoms with E-state index in [1.54, 1.807) is 6.92 Å². The van der Waals surface area contributed by atoms with Crippen molar-refractivity contribution >= 4 is 16.6 Å². The molecule has 0 radical (unpaired) electrons. The molecule has 0 spiro atoms. The molecule has 0 amide bonds. The van der Waals surface area contributed by atoms with Crippen molar-refractivity contribution in [2.75, 3.05) is 0 Å². The topological polar surface area (TPSA) is 83.1 Å². The summed E-state index contributed by atoms with van der Waals surface area (Å²) in [6.07, 6.45) is 2.61. The summed E-state index contributed by atoms with van der Waals surface area (Å²) >= 11 is 0. The van der Waals surface area contributed by atoms with E-state index in [0.29, 0.717) is 6.42 Å². The van der Waals surface area contributed by atoms with Crippen molar-refractivity contribution in [1.29, 1.82) is 5.26 Å². The SMILES string of the molecule is CCCCCn1c(O)c(C(=O)Cc2cccc3ccccc23)c(C)c(C#N)c1=O. The number of benzene rings is 2. The number of Topliss-reactive ketones (excluding diaryl/α,β-unsaturated/α-hetero) is 1. The number of fused-ring (bicyclic) bond motifs is 1. The predicted molar refractivity (Wildman–Crippen MR) is 113 cm³/mol. The van der Waals surface area contributed by atoms with Crippen LogP contribution in [0.25, 0.3) is 10.8 Å². The highest BCUT2D eigenvalue weighted by Gasteiger charge is 2.24. The van der Waals surface area contributed by atoms with Gasteiger partial charge in [-0.05, 0) is 35.2 Å². The number of carbonyl (C=O) groups excluding carboxylic acids is 1. The summed E-state index contributed by atoms with van der Waals surface area (Å²) in [5, 5.41) is 22.2. The summed E-state index contributed by atoms with van der Waals surface area (Å²) in [5.41, 5.74) is 0.521. The molecular weight excluding hydrogens is 364 g/mol.